The number of thioether (sulfide) groups is 1. The zero-order valence-corrected chi connectivity index (χ0v) is 16.5. The van der Waals surface area contributed by atoms with E-state index in [-0.39, 0.29) is 19.2 Å². The highest BCUT2D eigenvalue weighted by Gasteiger charge is 2.37. The van der Waals surface area contributed by atoms with E-state index >= 15 is 0 Å². The van der Waals surface area contributed by atoms with Crippen molar-refractivity contribution in [2.75, 3.05) is 26.4 Å². The predicted octanol–water partition coefficient (Wildman–Crippen LogP) is 3.16. The third-order valence-electron chi connectivity index (χ3n) is 5.17. The summed E-state index contributed by atoms with van der Waals surface area (Å²) < 4.78 is 10.7. The maximum absolute atomic E-state index is 12.7. The maximum atomic E-state index is 12.7. The SMILES string of the molecule is Cc1cc2c(cc1C=C1SC(=O)N(CC(=O)N3CCCCCC3)C1=O)OCO2. The van der Waals surface area contributed by atoms with Gasteiger partial charge in [-0.3, -0.25) is 19.3 Å². The average molecular weight is 402 g/mol. The Kier molecular flexibility index (Phi) is 5.30. The van der Waals surface area contributed by atoms with Crippen molar-refractivity contribution < 1.29 is 23.9 Å². The molecular weight excluding hydrogens is 380 g/mol. The molecule has 2 saturated heterocycles. The van der Waals surface area contributed by atoms with E-state index in [1.54, 1.807) is 17.0 Å². The summed E-state index contributed by atoms with van der Waals surface area (Å²) in [6, 6.07) is 3.65. The molecule has 0 unspecified atom stereocenters. The highest BCUT2D eigenvalue weighted by Crippen LogP contribution is 2.38. The highest BCUT2D eigenvalue weighted by atomic mass is 32.2. The van der Waals surface area contributed by atoms with Gasteiger partial charge >= 0.3 is 0 Å². The molecule has 0 spiro atoms. The molecule has 0 bridgehead atoms. The van der Waals surface area contributed by atoms with Crippen molar-refractivity contribution in [2.45, 2.75) is 32.6 Å². The number of carbonyl (C=O) groups is 3. The minimum absolute atomic E-state index is 0.162. The molecule has 4 rings (SSSR count). The molecule has 0 aliphatic carbocycles. The first-order valence-corrected chi connectivity index (χ1v) is 10.3. The van der Waals surface area contributed by atoms with Crippen LogP contribution in [0.25, 0.3) is 6.08 Å². The number of imide groups is 1. The summed E-state index contributed by atoms with van der Waals surface area (Å²) in [4.78, 5) is 40.8. The molecular formula is C20H22N2O5S. The van der Waals surface area contributed by atoms with Gasteiger partial charge in [-0.15, -0.1) is 0 Å². The van der Waals surface area contributed by atoms with Crippen LogP contribution in [0.1, 0.15) is 36.8 Å². The van der Waals surface area contributed by atoms with Crippen LogP contribution in [0.2, 0.25) is 0 Å². The zero-order chi connectivity index (χ0) is 19.7. The third kappa shape index (κ3) is 3.73. The van der Waals surface area contributed by atoms with Crippen LogP contribution in [0.3, 0.4) is 0 Å². The number of ether oxygens (including phenoxy) is 2. The number of carbonyl (C=O) groups excluding carboxylic acids is 3. The van der Waals surface area contributed by atoms with Gasteiger partial charge in [0.2, 0.25) is 12.7 Å². The van der Waals surface area contributed by atoms with Gasteiger partial charge in [0.1, 0.15) is 6.54 Å². The van der Waals surface area contributed by atoms with Crippen LogP contribution in [0.5, 0.6) is 11.5 Å². The quantitative estimate of drug-likeness (QED) is 0.723. The molecule has 3 amide bonds. The monoisotopic (exact) mass is 402 g/mol. The molecule has 0 aromatic heterocycles. The molecule has 0 atom stereocenters. The summed E-state index contributed by atoms with van der Waals surface area (Å²) in [5, 5.41) is -0.405. The number of hydrogen-bond donors (Lipinski definition) is 0. The Morgan fingerprint density at radius 1 is 1.11 bits per heavy atom. The van der Waals surface area contributed by atoms with Gasteiger partial charge in [0.25, 0.3) is 11.1 Å². The topological polar surface area (TPSA) is 76.2 Å². The molecule has 3 heterocycles. The van der Waals surface area contributed by atoms with Crippen LogP contribution >= 0.6 is 11.8 Å². The van der Waals surface area contributed by atoms with E-state index in [1.807, 2.05) is 13.0 Å². The van der Waals surface area contributed by atoms with Crippen LogP contribution in [0.15, 0.2) is 17.0 Å². The van der Waals surface area contributed by atoms with Crippen molar-refractivity contribution in [1.82, 2.24) is 9.80 Å². The van der Waals surface area contributed by atoms with E-state index < -0.39 is 11.1 Å². The molecule has 1 aromatic rings. The first kappa shape index (κ1) is 18.9. The zero-order valence-electron chi connectivity index (χ0n) is 15.7. The van der Waals surface area contributed by atoms with Crippen molar-refractivity contribution in [3.8, 4) is 11.5 Å². The third-order valence-corrected chi connectivity index (χ3v) is 6.08. The van der Waals surface area contributed by atoms with Crippen LogP contribution in [-0.2, 0) is 9.59 Å². The molecule has 7 nitrogen and oxygen atoms in total. The molecule has 8 heteroatoms. The Morgan fingerprint density at radius 3 is 2.50 bits per heavy atom. The van der Waals surface area contributed by atoms with Crippen molar-refractivity contribution >= 4 is 34.9 Å². The predicted molar refractivity (Wildman–Crippen MR) is 105 cm³/mol. The second-order valence-electron chi connectivity index (χ2n) is 7.12. The van der Waals surface area contributed by atoms with E-state index in [2.05, 4.69) is 0 Å². The fourth-order valence-corrected chi connectivity index (χ4v) is 4.38. The second-order valence-corrected chi connectivity index (χ2v) is 8.12. The van der Waals surface area contributed by atoms with Crippen molar-refractivity contribution in [3.63, 3.8) is 0 Å². The van der Waals surface area contributed by atoms with Crippen LogP contribution in [0, 0.1) is 6.92 Å². The number of fused-ring (bicyclic) bond motifs is 1. The van der Waals surface area contributed by atoms with Crippen molar-refractivity contribution in [3.05, 3.63) is 28.2 Å². The van der Waals surface area contributed by atoms with E-state index in [4.69, 9.17) is 9.47 Å². The Bertz CT molecular complexity index is 858. The molecule has 0 radical (unpaired) electrons. The Labute approximate surface area is 167 Å². The van der Waals surface area contributed by atoms with E-state index in [1.165, 1.54) is 0 Å². The second kappa shape index (κ2) is 7.87. The number of aryl methyl sites for hydroxylation is 1. The number of hydrogen-bond acceptors (Lipinski definition) is 6. The van der Waals surface area contributed by atoms with Gasteiger partial charge < -0.3 is 14.4 Å². The van der Waals surface area contributed by atoms with Crippen LogP contribution in [0.4, 0.5) is 4.79 Å². The standard InChI is InChI=1S/C20H22N2O5S/c1-13-8-15-16(27-12-26-15)9-14(13)10-17-19(24)22(20(25)28-17)11-18(23)21-6-4-2-3-5-7-21/h8-10H,2-7,11-12H2,1H3. The van der Waals surface area contributed by atoms with Crippen LogP contribution < -0.4 is 9.47 Å². The lowest BCUT2D eigenvalue weighted by Gasteiger charge is -2.22. The fourth-order valence-electron chi connectivity index (χ4n) is 3.55. The van der Waals surface area contributed by atoms with Gasteiger partial charge in [0.05, 0.1) is 4.91 Å². The minimum atomic E-state index is -0.421. The Morgan fingerprint density at radius 2 is 1.79 bits per heavy atom. The lowest BCUT2D eigenvalue weighted by Crippen LogP contribution is -2.42. The van der Waals surface area contributed by atoms with Gasteiger partial charge in [0.15, 0.2) is 11.5 Å². The van der Waals surface area contributed by atoms with E-state index in [0.29, 0.717) is 29.5 Å². The summed E-state index contributed by atoms with van der Waals surface area (Å²) in [5.41, 5.74) is 1.70. The normalized spacial score (nSPS) is 20.8. The van der Waals surface area contributed by atoms with Gasteiger partial charge in [0, 0.05) is 13.1 Å². The summed E-state index contributed by atoms with van der Waals surface area (Å²) in [6.07, 6.45) is 5.85. The first-order chi connectivity index (χ1) is 13.5. The average Bonchev–Trinajstić information content (AvgIpc) is 3.08. The van der Waals surface area contributed by atoms with Crippen molar-refractivity contribution in [2.24, 2.45) is 0 Å². The van der Waals surface area contributed by atoms with Gasteiger partial charge in [-0.2, -0.15) is 0 Å². The molecule has 1 aromatic carbocycles. The number of rotatable bonds is 3. The summed E-state index contributed by atoms with van der Waals surface area (Å²) in [5.74, 6) is 0.707. The number of nitrogens with zero attached hydrogens (tertiary/aromatic N) is 2. The molecule has 3 aliphatic rings. The molecule has 2 fully saturated rings. The van der Waals surface area contributed by atoms with Gasteiger partial charge in [-0.25, -0.2) is 0 Å². The van der Waals surface area contributed by atoms with E-state index in [0.717, 1.165) is 53.5 Å². The highest BCUT2D eigenvalue weighted by molar-refractivity contribution is 8.18. The number of amides is 3. The lowest BCUT2D eigenvalue weighted by molar-refractivity contribution is -0.135. The van der Waals surface area contributed by atoms with Crippen LogP contribution in [-0.4, -0.2) is 53.3 Å². The molecule has 0 saturated carbocycles. The smallest absolute Gasteiger partial charge is 0.294 e. The number of benzene rings is 1. The first-order valence-electron chi connectivity index (χ1n) is 9.46. The summed E-state index contributed by atoms with van der Waals surface area (Å²) >= 11 is 0.867. The van der Waals surface area contributed by atoms with Crippen molar-refractivity contribution in [1.29, 1.82) is 0 Å². The minimum Gasteiger partial charge on any atom is -0.454 e. The molecule has 148 valence electrons. The molecule has 0 N–H and O–H groups in total. The number of likely N-dealkylation sites (tertiary alicyclic amines) is 1. The Balaban J connectivity index is 1.49. The van der Waals surface area contributed by atoms with E-state index in [9.17, 15) is 14.4 Å². The molecule has 3 aliphatic heterocycles. The fraction of sp³-hybridized carbons (Fsp3) is 0.450. The Hall–Kier alpha value is -2.48. The maximum Gasteiger partial charge on any atom is 0.294 e. The summed E-state index contributed by atoms with van der Waals surface area (Å²) in [7, 11) is 0. The largest absolute Gasteiger partial charge is 0.454 e. The summed E-state index contributed by atoms with van der Waals surface area (Å²) in [6.45, 7) is 3.28. The molecule has 28 heavy (non-hydrogen) atoms. The lowest BCUT2D eigenvalue weighted by atomic mass is 10.1. The van der Waals surface area contributed by atoms with Gasteiger partial charge in [-0.1, -0.05) is 12.8 Å². The van der Waals surface area contributed by atoms with Gasteiger partial charge in [-0.05, 0) is 60.9 Å².